The highest BCUT2D eigenvalue weighted by atomic mass is 35.5. The molecule has 1 saturated carbocycles. The van der Waals surface area contributed by atoms with Crippen molar-refractivity contribution in [3.05, 3.63) is 40.5 Å². The first-order valence-corrected chi connectivity index (χ1v) is 12.9. The summed E-state index contributed by atoms with van der Waals surface area (Å²) in [6.45, 7) is 2.21. The molecule has 2 aromatic rings. The molecular weight excluding hydrogens is 422 g/mol. The molecular formula is C22H28ClN3O3S. The zero-order chi connectivity index (χ0) is 21.3. The summed E-state index contributed by atoms with van der Waals surface area (Å²) in [5.41, 5.74) is 1.81. The highest BCUT2D eigenvalue weighted by Crippen LogP contribution is 2.36. The summed E-state index contributed by atoms with van der Waals surface area (Å²) in [6, 6.07) is 7.18. The molecule has 1 N–H and O–H groups in total. The Kier molecular flexibility index (Phi) is 6.21. The Morgan fingerprint density at radius 1 is 1.23 bits per heavy atom. The lowest BCUT2D eigenvalue weighted by atomic mass is 9.79. The third-order valence-electron chi connectivity index (χ3n) is 6.27. The number of fused-ring (bicyclic) bond motifs is 1. The van der Waals surface area contributed by atoms with Gasteiger partial charge in [-0.3, -0.25) is 4.79 Å². The molecule has 0 saturated heterocycles. The minimum Gasteiger partial charge on any atom is -0.310 e. The van der Waals surface area contributed by atoms with Gasteiger partial charge in [0.1, 0.15) is 5.82 Å². The van der Waals surface area contributed by atoms with Crippen LogP contribution in [0, 0.1) is 11.8 Å². The molecule has 1 aliphatic heterocycles. The Morgan fingerprint density at radius 3 is 2.70 bits per heavy atom. The van der Waals surface area contributed by atoms with Crippen LogP contribution in [-0.4, -0.2) is 24.1 Å². The zero-order valence-corrected chi connectivity index (χ0v) is 18.8. The van der Waals surface area contributed by atoms with Crippen LogP contribution in [-0.2, 0) is 26.1 Å². The maximum Gasteiger partial charge on any atom is 0.228 e. The summed E-state index contributed by atoms with van der Waals surface area (Å²) in [5, 5.41) is 8.09. The van der Waals surface area contributed by atoms with Crippen molar-refractivity contribution < 1.29 is 13.2 Å². The van der Waals surface area contributed by atoms with Gasteiger partial charge in [0.15, 0.2) is 9.84 Å². The smallest absolute Gasteiger partial charge is 0.228 e. The number of aromatic nitrogens is 2. The van der Waals surface area contributed by atoms with Gasteiger partial charge in [0, 0.05) is 16.5 Å². The van der Waals surface area contributed by atoms with E-state index < -0.39 is 9.84 Å². The second-order valence-electron chi connectivity index (χ2n) is 8.55. The van der Waals surface area contributed by atoms with Gasteiger partial charge in [-0.05, 0) is 49.8 Å². The Balaban J connectivity index is 1.55. The number of anilines is 1. The second kappa shape index (κ2) is 8.71. The van der Waals surface area contributed by atoms with Crippen LogP contribution in [0.2, 0.25) is 5.02 Å². The van der Waals surface area contributed by atoms with Gasteiger partial charge in [0.05, 0.1) is 22.9 Å². The molecule has 1 aliphatic carbocycles. The molecule has 2 aliphatic rings. The number of hydrogen-bond acceptors (Lipinski definition) is 4. The Hall–Kier alpha value is -1.86. The molecule has 1 amide bonds. The number of amides is 1. The van der Waals surface area contributed by atoms with Crippen molar-refractivity contribution in [3.63, 3.8) is 0 Å². The molecule has 8 heteroatoms. The van der Waals surface area contributed by atoms with Gasteiger partial charge in [-0.1, -0.05) is 43.9 Å². The number of sulfone groups is 1. The number of carbonyl (C=O) groups excluding carboxylic acids is 1. The minimum absolute atomic E-state index is 0.0424. The van der Waals surface area contributed by atoms with Gasteiger partial charge in [0.2, 0.25) is 5.91 Å². The highest BCUT2D eigenvalue weighted by molar-refractivity contribution is 7.90. The molecule has 4 rings (SSSR count). The number of halogens is 1. The van der Waals surface area contributed by atoms with Crippen molar-refractivity contribution in [2.45, 2.75) is 63.4 Å². The van der Waals surface area contributed by atoms with Crippen LogP contribution >= 0.6 is 11.6 Å². The van der Waals surface area contributed by atoms with Crippen LogP contribution in [0.3, 0.4) is 0 Å². The van der Waals surface area contributed by atoms with E-state index in [1.54, 1.807) is 16.8 Å². The normalized spacial score (nSPS) is 22.6. The number of nitrogens with zero attached hydrogens (tertiary/aromatic N) is 2. The molecule has 6 nitrogen and oxygen atoms in total. The van der Waals surface area contributed by atoms with Crippen LogP contribution in [0.5, 0.6) is 0 Å². The van der Waals surface area contributed by atoms with Crippen molar-refractivity contribution in [3.8, 4) is 5.69 Å². The lowest BCUT2D eigenvalue weighted by Gasteiger charge is -2.27. The molecule has 2 heterocycles. The molecule has 0 unspecified atom stereocenters. The molecule has 162 valence electrons. The summed E-state index contributed by atoms with van der Waals surface area (Å²) in [7, 11) is -3.22. The Bertz CT molecular complexity index is 1040. The second-order valence-corrected chi connectivity index (χ2v) is 11.0. The van der Waals surface area contributed by atoms with Crippen molar-refractivity contribution >= 4 is 33.2 Å². The summed E-state index contributed by atoms with van der Waals surface area (Å²) in [4.78, 5) is 13.1. The van der Waals surface area contributed by atoms with E-state index >= 15 is 0 Å². The third kappa shape index (κ3) is 4.57. The number of carbonyl (C=O) groups is 1. The predicted octanol–water partition coefficient (Wildman–Crippen LogP) is 4.89. The minimum atomic E-state index is -3.22. The monoisotopic (exact) mass is 449 g/mol. The van der Waals surface area contributed by atoms with E-state index in [2.05, 4.69) is 17.3 Å². The molecule has 0 radical (unpaired) electrons. The van der Waals surface area contributed by atoms with Gasteiger partial charge in [-0.15, -0.1) is 0 Å². The standard InChI is InChI=1S/C22H28ClN3O3S/c1-2-3-5-15-8-10-16(11-9-15)22(27)24-21-19-13-30(28,29)14-20(19)25-26(21)18-7-4-6-17(23)12-18/h4,6-7,12,15-16H,2-3,5,8-11,13-14H2,1H3,(H,24,27). The SMILES string of the molecule is CCCCC1CCC(C(=O)Nc2c3c(nn2-c2cccc(Cl)c2)CS(=O)(=O)C3)CC1. The first kappa shape index (κ1) is 21.4. The molecule has 0 bridgehead atoms. The van der Waals surface area contributed by atoms with E-state index in [1.807, 2.05) is 12.1 Å². The van der Waals surface area contributed by atoms with Crippen molar-refractivity contribution in [1.29, 1.82) is 0 Å². The summed E-state index contributed by atoms with van der Waals surface area (Å²) in [5.74, 6) is 0.911. The quantitative estimate of drug-likeness (QED) is 0.680. The fourth-order valence-corrected chi connectivity index (χ4v) is 6.27. The third-order valence-corrected chi connectivity index (χ3v) is 7.94. The van der Waals surface area contributed by atoms with Crippen molar-refractivity contribution in [2.75, 3.05) is 5.32 Å². The molecule has 1 fully saturated rings. The maximum absolute atomic E-state index is 13.1. The van der Waals surface area contributed by atoms with Crippen LogP contribution in [0.15, 0.2) is 24.3 Å². The van der Waals surface area contributed by atoms with Crippen LogP contribution < -0.4 is 5.32 Å². The van der Waals surface area contributed by atoms with Gasteiger partial charge in [-0.2, -0.15) is 5.10 Å². The molecule has 30 heavy (non-hydrogen) atoms. The predicted molar refractivity (Wildman–Crippen MR) is 119 cm³/mol. The van der Waals surface area contributed by atoms with Crippen LogP contribution in [0.1, 0.15) is 63.1 Å². The Morgan fingerprint density at radius 2 is 2.00 bits per heavy atom. The van der Waals surface area contributed by atoms with E-state index in [-0.39, 0.29) is 23.3 Å². The lowest BCUT2D eigenvalue weighted by molar-refractivity contribution is -0.121. The van der Waals surface area contributed by atoms with Gasteiger partial charge in [-0.25, -0.2) is 13.1 Å². The number of unbranched alkanes of at least 4 members (excludes halogenated alkanes) is 1. The first-order valence-electron chi connectivity index (χ1n) is 10.7. The molecule has 0 atom stereocenters. The van der Waals surface area contributed by atoms with E-state index in [0.717, 1.165) is 31.6 Å². The van der Waals surface area contributed by atoms with E-state index in [1.165, 1.54) is 19.3 Å². The number of benzene rings is 1. The average molecular weight is 450 g/mol. The number of hydrogen-bond donors (Lipinski definition) is 1. The van der Waals surface area contributed by atoms with E-state index in [0.29, 0.717) is 27.8 Å². The van der Waals surface area contributed by atoms with E-state index in [9.17, 15) is 13.2 Å². The van der Waals surface area contributed by atoms with Gasteiger partial charge >= 0.3 is 0 Å². The summed E-state index contributed by atoms with van der Waals surface area (Å²) < 4.78 is 25.9. The molecule has 0 spiro atoms. The highest BCUT2D eigenvalue weighted by Gasteiger charge is 2.34. The van der Waals surface area contributed by atoms with E-state index in [4.69, 9.17) is 11.6 Å². The van der Waals surface area contributed by atoms with Gasteiger partial charge in [0.25, 0.3) is 0 Å². The fraction of sp³-hybridized carbons (Fsp3) is 0.545. The number of nitrogens with one attached hydrogen (secondary N) is 1. The fourth-order valence-electron chi connectivity index (χ4n) is 4.59. The first-order chi connectivity index (χ1) is 14.4. The topological polar surface area (TPSA) is 81.1 Å². The summed E-state index contributed by atoms with van der Waals surface area (Å²) >= 11 is 6.14. The van der Waals surface area contributed by atoms with Crippen molar-refractivity contribution in [1.82, 2.24) is 9.78 Å². The largest absolute Gasteiger partial charge is 0.310 e. The lowest BCUT2D eigenvalue weighted by Crippen LogP contribution is -2.28. The maximum atomic E-state index is 13.1. The zero-order valence-electron chi connectivity index (χ0n) is 17.2. The molecule has 1 aromatic heterocycles. The van der Waals surface area contributed by atoms with Crippen LogP contribution in [0.4, 0.5) is 5.82 Å². The summed E-state index contributed by atoms with van der Waals surface area (Å²) in [6.07, 6.45) is 7.63. The van der Waals surface area contributed by atoms with Crippen LogP contribution in [0.25, 0.3) is 5.69 Å². The Labute approximate surface area is 182 Å². The average Bonchev–Trinajstić information content (AvgIpc) is 3.19. The van der Waals surface area contributed by atoms with Crippen molar-refractivity contribution in [2.24, 2.45) is 11.8 Å². The number of rotatable bonds is 6. The molecule has 1 aromatic carbocycles. The van der Waals surface area contributed by atoms with Gasteiger partial charge < -0.3 is 5.32 Å².